The molecule has 0 atom stereocenters. The van der Waals surface area contributed by atoms with E-state index in [1.54, 1.807) is 6.07 Å². The summed E-state index contributed by atoms with van der Waals surface area (Å²) in [6.45, 7) is 0.764. The van der Waals surface area contributed by atoms with E-state index in [1.807, 2.05) is 0 Å². The quantitative estimate of drug-likeness (QED) is 0.798. The van der Waals surface area contributed by atoms with Crippen molar-refractivity contribution in [2.24, 2.45) is 0 Å². The Balaban J connectivity index is 1.58. The number of hydrogen-bond acceptors (Lipinski definition) is 4. The van der Waals surface area contributed by atoms with Crippen LogP contribution in [0.3, 0.4) is 0 Å². The van der Waals surface area contributed by atoms with Gasteiger partial charge < -0.3 is 10.1 Å². The van der Waals surface area contributed by atoms with Gasteiger partial charge in [-0.3, -0.25) is 4.79 Å². The Kier molecular flexibility index (Phi) is 6.64. The van der Waals surface area contributed by atoms with Crippen molar-refractivity contribution in [3.05, 3.63) is 54.3 Å². The number of rotatable bonds is 6. The van der Waals surface area contributed by atoms with E-state index in [2.05, 4.69) is 5.32 Å². The number of amides is 1. The highest BCUT2D eigenvalue weighted by atomic mass is 32.2. The molecule has 0 aliphatic carbocycles. The lowest BCUT2D eigenvalue weighted by Gasteiger charge is -2.20. The van der Waals surface area contributed by atoms with Crippen molar-refractivity contribution in [3.63, 3.8) is 0 Å². The number of ether oxygens (including phenoxy) is 1. The molecule has 0 radical (unpaired) electrons. The number of anilines is 1. The average Bonchev–Trinajstić information content (AvgIpc) is 2.99. The maximum Gasteiger partial charge on any atom is 0.262 e. The van der Waals surface area contributed by atoms with E-state index in [1.165, 1.54) is 46.8 Å². The number of nitrogens with one attached hydrogen (secondary N) is 1. The van der Waals surface area contributed by atoms with Crippen LogP contribution in [0, 0.1) is 5.82 Å². The maximum absolute atomic E-state index is 13.5. The van der Waals surface area contributed by atoms with Crippen molar-refractivity contribution < 1.29 is 22.3 Å². The molecule has 0 spiro atoms. The molecular formula is C20H23FN2O4S. The Bertz CT molecular complexity index is 908. The van der Waals surface area contributed by atoms with Gasteiger partial charge in [0.05, 0.1) is 10.6 Å². The third kappa shape index (κ3) is 5.08. The van der Waals surface area contributed by atoms with Crippen LogP contribution in [0.1, 0.15) is 25.7 Å². The van der Waals surface area contributed by atoms with E-state index in [0.717, 1.165) is 25.7 Å². The molecule has 1 aliphatic heterocycles. The summed E-state index contributed by atoms with van der Waals surface area (Å²) >= 11 is 0. The molecule has 28 heavy (non-hydrogen) atoms. The Morgan fingerprint density at radius 1 is 1.00 bits per heavy atom. The van der Waals surface area contributed by atoms with Gasteiger partial charge in [-0.15, -0.1) is 0 Å². The molecule has 0 bridgehead atoms. The van der Waals surface area contributed by atoms with E-state index in [0.29, 0.717) is 18.8 Å². The molecule has 150 valence electrons. The zero-order valence-corrected chi connectivity index (χ0v) is 16.3. The lowest BCUT2D eigenvalue weighted by Crippen LogP contribution is -2.31. The summed E-state index contributed by atoms with van der Waals surface area (Å²) in [7, 11) is -3.52. The molecule has 1 heterocycles. The van der Waals surface area contributed by atoms with Crippen LogP contribution in [0.5, 0.6) is 5.75 Å². The Labute approximate surface area is 164 Å². The molecule has 1 fully saturated rings. The van der Waals surface area contributed by atoms with Gasteiger partial charge in [-0.25, -0.2) is 12.8 Å². The van der Waals surface area contributed by atoms with Gasteiger partial charge in [-0.2, -0.15) is 4.31 Å². The van der Waals surface area contributed by atoms with E-state index >= 15 is 0 Å². The fraction of sp³-hybridized carbons (Fsp3) is 0.350. The number of carbonyl (C=O) groups excluding carboxylic acids is 1. The first-order valence-corrected chi connectivity index (χ1v) is 10.7. The number of benzene rings is 2. The molecule has 1 amide bonds. The van der Waals surface area contributed by atoms with Crippen molar-refractivity contribution in [2.45, 2.75) is 30.6 Å². The number of carbonyl (C=O) groups is 1. The Morgan fingerprint density at radius 2 is 1.64 bits per heavy atom. The minimum Gasteiger partial charge on any atom is -0.484 e. The topological polar surface area (TPSA) is 75.7 Å². The Morgan fingerprint density at radius 3 is 2.29 bits per heavy atom. The van der Waals surface area contributed by atoms with Gasteiger partial charge in [0.1, 0.15) is 11.6 Å². The molecule has 6 nitrogen and oxygen atoms in total. The predicted molar refractivity (Wildman–Crippen MR) is 104 cm³/mol. The lowest BCUT2D eigenvalue weighted by atomic mass is 10.2. The first-order chi connectivity index (χ1) is 13.5. The SMILES string of the molecule is O=C(COc1ccc(S(=O)(=O)N2CCCCCC2)cc1)Nc1ccccc1F. The first-order valence-electron chi connectivity index (χ1n) is 9.24. The van der Waals surface area contributed by atoms with Gasteiger partial charge >= 0.3 is 0 Å². The summed E-state index contributed by atoms with van der Waals surface area (Å²) in [5.41, 5.74) is 0.0787. The molecule has 8 heteroatoms. The van der Waals surface area contributed by atoms with E-state index in [9.17, 15) is 17.6 Å². The summed E-state index contributed by atoms with van der Waals surface area (Å²) < 4.78 is 45.9. The molecule has 0 saturated carbocycles. The number of sulfonamides is 1. The normalized spacial score (nSPS) is 15.6. The second-order valence-corrected chi connectivity index (χ2v) is 8.54. The number of para-hydroxylation sites is 1. The highest BCUT2D eigenvalue weighted by molar-refractivity contribution is 7.89. The predicted octanol–water partition coefficient (Wildman–Crippen LogP) is 3.41. The van der Waals surface area contributed by atoms with Gasteiger partial charge in [-0.05, 0) is 49.2 Å². The second kappa shape index (κ2) is 9.16. The fourth-order valence-electron chi connectivity index (χ4n) is 3.04. The number of halogens is 1. The first kappa shape index (κ1) is 20.3. The van der Waals surface area contributed by atoms with E-state index in [-0.39, 0.29) is 17.2 Å². The van der Waals surface area contributed by atoms with Crippen LogP contribution in [-0.2, 0) is 14.8 Å². The van der Waals surface area contributed by atoms with Gasteiger partial charge in [0.25, 0.3) is 5.91 Å². The zero-order chi connectivity index (χ0) is 20.0. The van der Waals surface area contributed by atoms with Crippen molar-refractivity contribution in [1.82, 2.24) is 4.31 Å². The number of hydrogen-bond donors (Lipinski definition) is 1. The van der Waals surface area contributed by atoms with Gasteiger partial charge in [0.15, 0.2) is 6.61 Å². The average molecular weight is 406 g/mol. The van der Waals surface area contributed by atoms with Crippen molar-refractivity contribution in [3.8, 4) is 5.75 Å². The van der Waals surface area contributed by atoms with Crippen molar-refractivity contribution in [1.29, 1.82) is 0 Å². The smallest absolute Gasteiger partial charge is 0.262 e. The summed E-state index contributed by atoms with van der Waals surface area (Å²) in [6, 6.07) is 11.8. The van der Waals surface area contributed by atoms with Gasteiger partial charge in [-0.1, -0.05) is 25.0 Å². The van der Waals surface area contributed by atoms with Crippen LogP contribution in [0.15, 0.2) is 53.4 Å². The van der Waals surface area contributed by atoms with Crippen LogP contribution in [0.2, 0.25) is 0 Å². The Hall–Kier alpha value is -2.45. The molecule has 0 aromatic heterocycles. The highest BCUT2D eigenvalue weighted by Crippen LogP contribution is 2.22. The maximum atomic E-state index is 13.5. The lowest BCUT2D eigenvalue weighted by molar-refractivity contribution is -0.118. The standard InChI is InChI=1S/C20H23FN2O4S/c21-18-7-3-4-8-19(18)22-20(24)15-27-16-9-11-17(12-10-16)28(25,26)23-13-5-1-2-6-14-23/h3-4,7-12H,1-2,5-6,13-15H2,(H,22,24). The monoisotopic (exact) mass is 406 g/mol. The largest absolute Gasteiger partial charge is 0.484 e. The summed E-state index contributed by atoms with van der Waals surface area (Å²) in [4.78, 5) is 12.1. The molecule has 1 aliphatic rings. The van der Waals surface area contributed by atoms with E-state index in [4.69, 9.17) is 4.74 Å². The molecule has 3 rings (SSSR count). The molecule has 0 unspecified atom stereocenters. The summed E-state index contributed by atoms with van der Waals surface area (Å²) in [5.74, 6) is -0.677. The molecule has 2 aromatic rings. The van der Waals surface area contributed by atoms with Crippen LogP contribution in [-0.4, -0.2) is 38.3 Å². The molecule has 1 saturated heterocycles. The minimum atomic E-state index is -3.52. The van der Waals surface area contributed by atoms with Crippen molar-refractivity contribution in [2.75, 3.05) is 25.0 Å². The van der Waals surface area contributed by atoms with Crippen molar-refractivity contribution >= 4 is 21.6 Å². The molecule has 1 N–H and O–H groups in total. The molecular weight excluding hydrogens is 383 g/mol. The van der Waals surface area contributed by atoms with Gasteiger partial charge in [0, 0.05) is 13.1 Å². The second-order valence-electron chi connectivity index (χ2n) is 6.61. The molecule has 2 aromatic carbocycles. The van der Waals surface area contributed by atoms with Crippen LogP contribution in [0.4, 0.5) is 10.1 Å². The number of nitrogens with zero attached hydrogens (tertiary/aromatic N) is 1. The van der Waals surface area contributed by atoms with E-state index < -0.39 is 21.7 Å². The van der Waals surface area contributed by atoms with Crippen LogP contribution >= 0.6 is 0 Å². The fourth-order valence-corrected chi connectivity index (χ4v) is 4.55. The van der Waals surface area contributed by atoms with Gasteiger partial charge in [0.2, 0.25) is 10.0 Å². The highest BCUT2D eigenvalue weighted by Gasteiger charge is 2.25. The minimum absolute atomic E-state index is 0.0787. The van der Waals surface area contributed by atoms with Crippen LogP contribution in [0.25, 0.3) is 0 Å². The third-order valence-corrected chi connectivity index (χ3v) is 6.46. The third-order valence-electron chi connectivity index (χ3n) is 4.54. The van der Waals surface area contributed by atoms with Crippen LogP contribution < -0.4 is 10.1 Å². The zero-order valence-electron chi connectivity index (χ0n) is 15.4. The summed E-state index contributed by atoms with van der Waals surface area (Å²) in [5, 5.41) is 2.42. The summed E-state index contributed by atoms with van der Waals surface area (Å²) in [6.07, 6.45) is 3.84.